The summed E-state index contributed by atoms with van der Waals surface area (Å²) in [5.74, 6) is -0.417. The van der Waals surface area contributed by atoms with E-state index < -0.39 is 19.5 Å². The Balaban J connectivity index is 5.23. The number of esters is 1. The number of hydrogen-bond acceptors (Lipinski definition) is 4. The summed E-state index contributed by atoms with van der Waals surface area (Å²) in [6, 6.07) is 0.750. The quantitative estimate of drug-likeness (QED) is 0.268. The predicted octanol–water partition coefficient (Wildman–Crippen LogP) is 3.39. The maximum Gasteiger partial charge on any atom is 0.307 e. The molecule has 0 aliphatic rings. The van der Waals surface area contributed by atoms with Gasteiger partial charge in [0, 0.05) is 14.5 Å². The summed E-state index contributed by atoms with van der Waals surface area (Å²) >= 11 is 0. The second-order valence-electron chi connectivity index (χ2n) is 7.04. The molecule has 1 atom stereocenters. The molecule has 0 aromatic carbocycles. The fraction of sp³-hybridized carbons (Fsp3) is 0.688. The van der Waals surface area contributed by atoms with Gasteiger partial charge < -0.3 is 14.3 Å². The van der Waals surface area contributed by atoms with Crippen molar-refractivity contribution >= 4 is 26.6 Å². The fourth-order valence-electron chi connectivity index (χ4n) is 2.27. The number of hydrogen-bond donors (Lipinski definition) is 0. The van der Waals surface area contributed by atoms with Crippen molar-refractivity contribution in [2.24, 2.45) is 5.41 Å². The molecule has 0 saturated heterocycles. The number of rotatable bonds is 10. The van der Waals surface area contributed by atoms with Gasteiger partial charge in [0.2, 0.25) is 0 Å². The number of carbonyl (C=O) groups is 3. The van der Waals surface area contributed by atoms with Crippen LogP contribution in [0.4, 0.5) is 0 Å². The third-order valence-corrected chi connectivity index (χ3v) is 4.70. The molecule has 5 heteroatoms. The van der Waals surface area contributed by atoms with Gasteiger partial charge in [-0.3, -0.25) is 4.79 Å². The van der Waals surface area contributed by atoms with Crippen molar-refractivity contribution in [2.45, 2.75) is 64.9 Å². The Labute approximate surface area is 129 Å². The molecule has 0 spiro atoms. The molecular weight excluding hydrogens is 284 g/mol. The summed E-state index contributed by atoms with van der Waals surface area (Å²) in [5, 5.41) is 0. The van der Waals surface area contributed by atoms with E-state index in [9.17, 15) is 14.4 Å². The molecule has 120 valence electrons. The van der Waals surface area contributed by atoms with Crippen LogP contribution in [0.25, 0.3) is 0 Å². The van der Waals surface area contributed by atoms with Gasteiger partial charge in [0.25, 0.3) is 0 Å². The van der Waals surface area contributed by atoms with Crippen LogP contribution in [-0.2, 0) is 19.1 Å². The third-order valence-electron chi connectivity index (χ3n) is 3.21. The van der Waals surface area contributed by atoms with E-state index in [4.69, 9.17) is 4.74 Å². The van der Waals surface area contributed by atoms with E-state index in [0.717, 1.165) is 24.2 Å². The number of aldehydes is 2. The number of allylic oxidation sites excluding steroid dienone is 1. The first-order valence-corrected chi connectivity index (χ1v) is 11.0. The highest BCUT2D eigenvalue weighted by Crippen LogP contribution is 2.38. The van der Waals surface area contributed by atoms with E-state index in [1.165, 1.54) is 0 Å². The van der Waals surface area contributed by atoms with Gasteiger partial charge in [-0.2, -0.15) is 0 Å². The molecule has 0 N–H and O–H groups in total. The molecule has 0 unspecified atom stereocenters. The van der Waals surface area contributed by atoms with Crippen molar-refractivity contribution in [3.63, 3.8) is 0 Å². The summed E-state index contributed by atoms with van der Waals surface area (Å²) in [6.45, 7) is 14.1. The van der Waals surface area contributed by atoms with Crippen molar-refractivity contribution in [2.75, 3.05) is 0 Å². The van der Waals surface area contributed by atoms with Gasteiger partial charge in [-0.25, -0.2) is 0 Å². The molecule has 21 heavy (non-hydrogen) atoms. The highest BCUT2D eigenvalue weighted by molar-refractivity contribution is 6.76. The Hall–Kier alpha value is -1.23. The normalized spacial score (nSPS) is 14.4. The lowest BCUT2D eigenvalue weighted by molar-refractivity contribution is -0.151. The van der Waals surface area contributed by atoms with Crippen LogP contribution >= 0.6 is 0 Å². The minimum atomic E-state index is -1.47. The monoisotopic (exact) mass is 312 g/mol. The van der Waals surface area contributed by atoms with Crippen LogP contribution in [0, 0.1) is 5.41 Å². The average Bonchev–Trinajstić information content (AvgIpc) is 2.31. The summed E-state index contributed by atoms with van der Waals surface area (Å²) in [7, 11) is -1.47. The first-order valence-electron chi connectivity index (χ1n) is 7.34. The molecule has 0 rings (SSSR count). The average molecular weight is 312 g/mol. The second-order valence-corrected chi connectivity index (χ2v) is 12.5. The minimum Gasteiger partial charge on any atom is -0.463 e. The van der Waals surface area contributed by atoms with E-state index in [0.29, 0.717) is 6.42 Å². The van der Waals surface area contributed by atoms with Crippen LogP contribution in [0.5, 0.6) is 0 Å². The summed E-state index contributed by atoms with van der Waals surface area (Å²) in [5.41, 5.74) is -0.230. The molecule has 0 heterocycles. The molecule has 4 nitrogen and oxygen atoms in total. The van der Waals surface area contributed by atoms with Crippen molar-refractivity contribution in [1.82, 2.24) is 0 Å². The van der Waals surface area contributed by atoms with Crippen LogP contribution < -0.4 is 0 Å². The lowest BCUT2D eigenvalue weighted by Gasteiger charge is -2.32. The van der Waals surface area contributed by atoms with Gasteiger partial charge in [0.05, 0.1) is 17.9 Å². The van der Waals surface area contributed by atoms with Gasteiger partial charge in [0.1, 0.15) is 12.6 Å². The zero-order chi connectivity index (χ0) is 16.7. The van der Waals surface area contributed by atoms with Crippen molar-refractivity contribution in [3.8, 4) is 0 Å². The topological polar surface area (TPSA) is 60.4 Å². The number of carbonyl (C=O) groups excluding carboxylic acids is 3. The molecule has 0 saturated carbocycles. The lowest BCUT2D eigenvalue weighted by Crippen LogP contribution is -2.34. The summed E-state index contributed by atoms with van der Waals surface area (Å²) < 4.78 is 5.15. The molecule has 0 aromatic rings. The van der Waals surface area contributed by atoms with Gasteiger partial charge in [-0.1, -0.05) is 31.8 Å². The Morgan fingerprint density at radius 2 is 1.86 bits per heavy atom. The van der Waals surface area contributed by atoms with Crippen LogP contribution in [0.3, 0.4) is 0 Å². The maximum atomic E-state index is 12.0. The molecule has 0 aliphatic heterocycles. The molecular formula is C16H28O4Si. The Kier molecular flexibility index (Phi) is 7.78. The zero-order valence-corrected chi connectivity index (χ0v) is 14.9. The second kappa shape index (κ2) is 8.27. The molecule has 0 aromatic heterocycles. The summed E-state index contributed by atoms with van der Waals surface area (Å²) in [4.78, 5) is 34.4. The SMILES string of the molecule is C=C(C[Si](C)(C)C)[C@](C=O)(CCC=O)CC(=O)OC(C)C. The minimum absolute atomic E-state index is 0.0359. The number of ether oxygens (including phenoxy) is 1. The highest BCUT2D eigenvalue weighted by atomic mass is 28.3. The molecule has 0 fully saturated rings. The van der Waals surface area contributed by atoms with Gasteiger partial charge in [-0.05, 0) is 26.3 Å². The lowest BCUT2D eigenvalue weighted by atomic mass is 9.76. The Bertz CT molecular complexity index is 396. The van der Waals surface area contributed by atoms with E-state index in [2.05, 4.69) is 26.2 Å². The van der Waals surface area contributed by atoms with Gasteiger partial charge in [-0.15, -0.1) is 0 Å². The van der Waals surface area contributed by atoms with Crippen molar-refractivity contribution in [1.29, 1.82) is 0 Å². The summed E-state index contributed by atoms with van der Waals surface area (Å²) in [6.07, 6.45) is 1.84. The van der Waals surface area contributed by atoms with Crippen LogP contribution in [0.15, 0.2) is 12.2 Å². The van der Waals surface area contributed by atoms with Crippen LogP contribution in [0.1, 0.15) is 33.1 Å². The van der Waals surface area contributed by atoms with Crippen LogP contribution in [0.2, 0.25) is 25.7 Å². The smallest absolute Gasteiger partial charge is 0.307 e. The van der Waals surface area contributed by atoms with Gasteiger partial charge in [0.15, 0.2) is 0 Å². The van der Waals surface area contributed by atoms with Crippen LogP contribution in [-0.4, -0.2) is 32.7 Å². The van der Waals surface area contributed by atoms with Crippen molar-refractivity contribution < 1.29 is 19.1 Å². The molecule has 0 aliphatic carbocycles. The van der Waals surface area contributed by atoms with E-state index >= 15 is 0 Å². The van der Waals surface area contributed by atoms with Crippen molar-refractivity contribution in [3.05, 3.63) is 12.2 Å². The van der Waals surface area contributed by atoms with E-state index in [1.54, 1.807) is 13.8 Å². The maximum absolute atomic E-state index is 12.0. The molecule has 0 amide bonds. The van der Waals surface area contributed by atoms with Gasteiger partial charge >= 0.3 is 5.97 Å². The fourth-order valence-corrected chi connectivity index (χ4v) is 3.90. The highest BCUT2D eigenvalue weighted by Gasteiger charge is 2.37. The first kappa shape index (κ1) is 19.8. The third kappa shape index (κ3) is 7.36. The zero-order valence-electron chi connectivity index (χ0n) is 13.9. The molecule has 0 radical (unpaired) electrons. The Morgan fingerprint density at radius 3 is 2.24 bits per heavy atom. The van der Waals surface area contributed by atoms with E-state index in [1.807, 2.05) is 0 Å². The first-order chi connectivity index (χ1) is 9.56. The predicted molar refractivity (Wildman–Crippen MR) is 86.9 cm³/mol. The largest absolute Gasteiger partial charge is 0.463 e. The Morgan fingerprint density at radius 1 is 1.29 bits per heavy atom. The standard InChI is InChI=1S/C16H28O4Si/c1-13(2)20-15(19)10-16(12-18,8-7-9-17)14(3)11-21(4,5)6/h9,12-13H,3,7-8,10-11H2,1-2,4-6H3/t16-/m1/s1. The van der Waals surface area contributed by atoms with E-state index in [-0.39, 0.29) is 18.9 Å². The molecule has 0 bridgehead atoms.